The van der Waals surface area contributed by atoms with Crippen LogP contribution in [0, 0.1) is 0 Å². The average Bonchev–Trinajstić information content (AvgIpc) is 3.14. The first-order valence-corrected chi connectivity index (χ1v) is 6.98. The standard InChI is InChI=1S/C15H21N3/c1-3-15-17-13-6-4-5-7-14(13)18(15)11(2)10-16-12-8-9-12/h4-7,11-12,16H,3,8-10H2,1-2H3. The molecule has 2 aromatic rings. The van der Waals surface area contributed by atoms with Crippen molar-refractivity contribution in [2.75, 3.05) is 6.54 Å². The van der Waals surface area contributed by atoms with Gasteiger partial charge in [-0.2, -0.15) is 0 Å². The summed E-state index contributed by atoms with van der Waals surface area (Å²) in [6.45, 7) is 5.50. The zero-order chi connectivity index (χ0) is 12.5. The zero-order valence-corrected chi connectivity index (χ0v) is 11.2. The Morgan fingerprint density at radius 3 is 2.89 bits per heavy atom. The van der Waals surface area contributed by atoms with Gasteiger partial charge in [0, 0.05) is 25.0 Å². The summed E-state index contributed by atoms with van der Waals surface area (Å²) < 4.78 is 2.39. The van der Waals surface area contributed by atoms with Crippen molar-refractivity contribution < 1.29 is 0 Å². The molecule has 0 aliphatic heterocycles. The highest BCUT2D eigenvalue weighted by Crippen LogP contribution is 2.23. The van der Waals surface area contributed by atoms with Crippen LogP contribution in [0.4, 0.5) is 0 Å². The van der Waals surface area contributed by atoms with Gasteiger partial charge in [-0.3, -0.25) is 0 Å². The molecular weight excluding hydrogens is 222 g/mol. The molecule has 0 radical (unpaired) electrons. The fourth-order valence-electron chi connectivity index (χ4n) is 2.55. The molecule has 3 heteroatoms. The largest absolute Gasteiger partial charge is 0.324 e. The predicted molar refractivity (Wildman–Crippen MR) is 74.8 cm³/mol. The molecule has 1 fully saturated rings. The summed E-state index contributed by atoms with van der Waals surface area (Å²) in [5.74, 6) is 1.20. The maximum absolute atomic E-state index is 4.73. The number of imidazole rings is 1. The average molecular weight is 243 g/mol. The van der Waals surface area contributed by atoms with Gasteiger partial charge in [0.2, 0.25) is 0 Å². The maximum Gasteiger partial charge on any atom is 0.109 e. The number of nitrogens with one attached hydrogen (secondary N) is 1. The molecular formula is C15H21N3. The van der Waals surface area contributed by atoms with E-state index in [1.807, 2.05) is 0 Å². The number of hydrogen-bond acceptors (Lipinski definition) is 2. The van der Waals surface area contributed by atoms with Crippen molar-refractivity contribution in [3.8, 4) is 0 Å². The molecule has 96 valence electrons. The van der Waals surface area contributed by atoms with Crippen LogP contribution >= 0.6 is 0 Å². The van der Waals surface area contributed by atoms with Gasteiger partial charge < -0.3 is 9.88 Å². The number of nitrogens with zero attached hydrogens (tertiary/aromatic N) is 2. The van der Waals surface area contributed by atoms with Crippen LogP contribution in [0.3, 0.4) is 0 Å². The lowest BCUT2D eigenvalue weighted by Gasteiger charge is -2.17. The molecule has 0 spiro atoms. The fraction of sp³-hybridized carbons (Fsp3) is 0.533. The van der Waals surface area contributed by atoms with Crippen molar-refractivity contribution in [2.45, 2.75) is 45.2 Å². The van der Waals surface area contributed by atoms with Crippen molar-refractivity contribution in [2.24, 2.45) is 0 Å². The molecule has 0 bridgehead atoms. The van der Waals surface area contributed by atoms with Crippen molar-refractivity contribution in [3.63, 3.8) is 0 Å². The van der Waals surface area contributed by atoms with Crippen molar-refractivity contribution >= 4 is 11.0 Å². The minimum absolute atomic E-state index is 0.466. The smallest absolute Gasteiger partial charge is 0.109 e. The number of para-hydroxylation sites is 2. The van der Waals surface area contributed by atoms with E-state index < -0.39 is 0 Å². The van der Waals surface area contributed by atoms with Crippen molar-refractivity contribution in [1.82, 2.24) is 14.9 Å². The van der Waals surface area contributed by atoms with Crippen LogP contribution in [0.1, 0.15) is 38.6 Å². The summed E-state index contributed by atoms with van der Waals surface area (Å²) in [5, 5.41) is 3.61. The highest BCUT2D eigenvalue weighted by molar-refractivity contribution is 5.76. The van der Waals surface area contributed by atoms with Crippen molar-refractivity contribution in [3.05, 3.63) is 30.1 Å². The van der Waals surface area contributed by atoms with Gasteiger partial charge in [0.15, 0.2) is 0 Å². The Morgan fingerprint density at radius 1 is 1.39 bits per heavy atom. The first kappa shape index (κ1) is 11.7. The Bertz CT molecular complexity index is 540. The molecule has 1 aliphatic rings. The number of rotatable bonds is 5. The van der Waals surface area contributed by atoms with Gasteiger partial charge in [0.1, 0.15) is 5.82 Å². The van der Waals surface area contributed by atoms with Gasteiger partial charge in [0.25, 0.3) is 0 Å². The molecule has 1 aromatic heterocycles. The minimum atomic E-state index is 0.466. The normalized spacial score (nSPS) is 17.2. The summed E-state index contributed by atoms with van der Waals surface area (Å²) in [5.41, 5.74) is 2.38. The molecule has 3 rings (SSSR count). The highest BCUT2D eigenvalue weighted by atomic mass is 15.1. The molecule has 1 N–H and O–H groups in total. The first-order valence-electron chi connectivity index (χ1n) is 6.98. The molecule has 1 unspecified atom stereocenters. The second-order valence-electron chi connectivity index (χ2n) is 5.27. The molecule has 0 saturated heterocycles. The van der Waals surface area contributed by atoms with Crippen LogP contribution in [0.2, 0.25) is 0 Å². The van der Waals surface area contributed by atoms with E-state index in [-0.39, 0.29) is 0 Å². The van der Waals surface area contributed by atoms with E-state index in [0.29, 0.717) is 6.04 Å². The monoisotopic (exact) mass is 243 g/mol. The van der Waals surface area contributed by atoms with Gasteiger partial charge >= 0.3 is 0 Å². The van der Waals surface area contributed by atoms with Crippen LogP contribution in [-0.2, 0) is 6.42 Å². The third kappa shape index (κ3) is 2.15. The Hall–Kier alpha value is -1.35. The van der Waals surface area contributed by atoms with E-state index in [1.165, 1.54) is 24.2 Å². The maximum atomic E-state index is 4.73. The molecule has 1 aromatic carbocycles. The molecule has 1 aliphatic carbocycles. The fourth-order valence-corrected chi connectivity index (χ4v) is 2.55. The zero-order valence-electron chi connectivity index (χ0n) is 11.2. The molecule has 1 atom stereocenters. The third-order valence-electron chi connectivity index (χ3n) is 3.71. The van der Waals surface area contributed by atoms with Gasteiger partial charge in [-0.1, -0.05) is 19.1 Å². The van der Waals surface area contributed by atoms with Crippen LogP contribution in [0.25, 0.3) is 11.0 Å². The summed E-state index contributed by atoms with van der Waals surface area (Å²) in [4.78, 5) is 4.73. The van der Waals surface area contributed by atoms with E-state index >= 15 is 0 Å². The lowest BCUT2D eigenvalue weighted by molar-refractivity contribution is 0.488. The van der Waals surface area contributed by atoms with Gasteiger partial charge in [-0.15, -0.1) is 0 Å². The van der Waals surface area contributed by atoms with E-state index in [4.69, 9.17) is 4.98 Å². The van der Waals surface area contributed by atoms with Gasteiger partial charge in [-0.25, -0.2) is 4.98 Å². The van der Waals surface area contributed by atoms with Crippen LogP contribution in [0.5, 0.6) is 0 Å². The second kappa shape index (κ2) is 4.73. The number of hydrogen-bond donors (Lipinski definition) is 1. The first-order chi connectivity index (χ1) is 8.79. The second-order valence-corrected chi connectivity index (χ2v) is 5.27. The Kier molecular flexibility index (Phi) is 3.08. The summed E-state index contributed by atoms with van der Waals surface area (Å²) in [7, 11) is 0. The van der Waals surface area contributed by atoms with Crippen molar-refractivity contribution in [1.29, 1.82) is 0 Å². The minimum Gasteiger partial charge on any atom is -0.324 e. The highest BCUT2D eigenvalue weighted by Gasteiger charge is 2.22. The SMILES string of the molecule is CCc1nc2ccccc2n1C(C)CNC1CC1. The number of benzene rings is 1. The van der Waals surface area contributed by atoms with E-state index in [1.54, 1.807) is 0 Å². The number of aryl methyl sites for hydroxylation is 1. The number of aromatic nitrogens is 2. The Balaban J connectivity index is 1.91. The topological polar surface area (TPSA) is 29.9 Å². The molecule has 0 amide bonds. The lowest BCUT2D eigenvalue weighted by Crippen LogP contribution is -2.26. The predicted octanol–water partition coefficient (Wildman–Crippen LogP) is 2.91. The van der Waals surface area contributed by atoms with Gasteiger partial charge in [0.05, 0.1) is 11.0 Å². The summed E-state index contributed by atoms with van der Waals surface area (Å²) in [6, 6.07) is 9.68. The lowest BCUT2D eigenvalue weighted by atomic mass is 10.2. The number of fused-ring (bicyclic) bond motifs is 1. The Morgan fingerprint density at radius 2 is 2.17 bits per heavy atom. The van der Waals surface area contributed by atoms with Gasteiger partial charge in [-0.05, 0) is 31.9 Å². The van der Waals surface area contributed by atoms with E-state index in [0.717, 1.165) is 24.5 Å². The molecule has 3 nitrogen and oxygen atoms in total. The third-order valence-corrected chi connectivity index (χ3v) is 3.71. The van der Waals surface area contributed by atoms with Crippen LogP contribution in [0.15, 0.2) is 24.3 Å². The quantitative estimate of drug-likeness (QED) is 0.875. The van der Waals surface area contributed by atoms with Crippen LogP contribution < -0.4 is 5.32 Å². The Labute approximate surface area is 108 Å². The summed E-state index contributed by atoms with van der Waals surface area (Å²) >= 11 is 0. The van der Waals surface area contributed by atoms with E-state index in [2.05, 4.69) is 48.0 Å². The molecule has 18 heavy (non-hydrogen) atoms. The van der Waals surface area contributed by atoms with Crippen LogP contribution in [-0.4, -0.2) is 22.1 Å². The molecule has 1 heterocycles. The summed E-state index contributed by atoms with van der Waals surface area (Å²) in [6.07, 6.45) is 3.68. The van der Waals surface area contributed by atoms with E-state index in [9.17, 15) is 0 Å². The molecule has 1 saturated carbocycles.